The van der Waals surface area contributed by atoms with Crippen molar-refractivity contribution >= 4 is 39.0 Å². The van der Waals surface area contributed by atoms with Crippen molar-refractivity contribution in [2.45, 2.75) is 24.7 Å². The summed E-state index contributed by atoms with van der Waals surface area (Å²) in [5.74, 6) is 1.14. The van der Waals surface area contributed by atoms with E-state index in [9.17, 15) is 9.00 Å². The molecule has 3 N–H and O–H groups in total. The lowest BCUT2D eigenvalue weighted by Crippen LogP contribution is -2.11. The molecule has 1 amide bonds. The first-order valence-corrected chi connectivity index (χ1v) is 12.9. The number of hydrogen-bond donors (Lipinski definition) is 3. The lowest BCUT2D eigenvalue weighted by Gasteiger charge is -2.15. The molecule has 0 saturated heterocycles. The van der Waals surface area contributed by atoms with Crippen LogP contribution in [0.2, 0.25) is 0 Å². The van der Waals surface area contributed by atoms with Crippen LogP contribution in [0.3, 0.4) is 0 Å². The number of ether oxygens (including phenoxy) is 1. The molecule has 0 spiro atoms. The number of pyridine rings is 1. The van der Waals surface area contributed by atoms with E-state index in [2.05, 4.69) is 35.3 Å². The smallest absolute Gasteiger partial charge is 0.442 e. The minimum atomic E-state index is -3.01. The summed E-state index contributed by atoms with van der Waals surface area (Å²) in [7, 11) is -3.01. The van der Waals surface area contributed by atoms with E-state index >= 15 is 0 Å². The third-order valence-electron chi connectivity index (χ3n) is 5.13. The van der Waals surface area contributed by atoms with Gasteiger partial charge in [0.05, 0.1) is 26.9 Å². The summed E-state index contributed by atoms with van der Waals surface area (Å²) in [4.78, 5) is 25.6. The van der Waals surface area contributed by atoms with Crippen LogP contribution in [0.1, 0.15) is 19.8 Å². The Morgan fingerprint density at radius 1 is 1.18 bits per heavy atom. The van der Waals surface area contributed by atoms with Crippen molar-refractivity contribution in [3.05, 3.63) is 48.9 Å². The molecule has 3 heterocycles. The molecule has 0 saturated carbocycles. The number of aromatic nitrogens is 3. The SMILES string of the molecule is CCOC(=O)N=S(C)(=O)c1ccc2cc1NCCCCNc1nc(ncc1-c1cccnc1)N2. The molecule has 34 heavy (non-hydrogen) atoms. The van der Waals surface area contributed by atoms with E-state index in [0.29, 0.717) is 28.8 Å². The minimum Gasteiger partial charge on any atom is -0.448 e. The molecule has 1 aliphatic rings. The fraction of sp³-hybridized carbons (Fsp3) is 0.304. The van der Waals surface area contributed by atoms with Crippen molar-refractivity contribution in [3.8, 4) is 11.1 Å². The van der Waals surface area contributed by atoms with Gasteiger partial charge in [-0.25, -0.2) is 14.0 Å². The monoisotopic (exact) mass is 481 g/mol. The lowest BCUT2D eigenvalue weighted by atomic mass is 10.1. The van der Waals surface area contributed by atoms with Gasteiger partial charge in [-0.1, -0.05) is 6.07 Å². The number of amides is 1. The zero-order chi connectivity index (χ0) is 24.0. The normalized spacial score (nSPS) is 15.0. The highest BCUT2D eigenvalue weighted by Gasteiger charge is 2.17. The van der Waals surface area contributed by atoms with Gasteiger partial charge in [0.25, 0.3) is 0 Å². The fourth-order valence-corrected chi connectivity index (χ4v) is 4.83. The Kier molecular flexibility index (Phi) is 7.21. The van der Waals surface area contributed by atoms with Crippen molar-refractivity contribution in [2.75, 3.05) is 41.9 Å². The molecule has 178 valence electrons. The van der Waals surface area contributed by atoms with Crippen LogP contribution >= 0.6 is 0 Å². The standard InChI is InChI=1S/C23H27N7O3S/c1-3-33-23(31)30-34(2,32)20-9-8-17-13-19(20)25-11-4-5-12-26-21-18(15-27-22(28-17)29-21)16-7-6-10-24-14-16/h6-10,13-15,25H,3-5,11-12H2,1-2H3,(H2,26,27,28,29). The number of nitrogens with one attached hydrogen (secondary N) is 3. The Bertz CT molecular complexity index is 1290. The van der Waals surface area contributed by atoms with E-state index in [1.165, 1.54) is 6.26 Å². The number of carbonyl (C=O) groups is 1. The number of nitrogens with zero attached hydrogens (tertiary/aromatic N) is 4. The summed E-state index contributed by atoms with van der Waals surface area (Å²) < 4.78 is 21.9. The van der Waals surface area contributed by atoms with Crippen LogP contribution in [-0.4, -0.2) is 51.2 Å². The molecule has 1 aliphatic heterocycles. The maximum atomic E-state index is 13.3. The molecular weight excluding hydrogens is 454 g/mol. The van der Waals surface area contributed by atoms with E-state index in [-0.39, 0.29) is 6.61 Å². The molecule has 2 aromatic heterocycles. The first kappa shape index (κ1) is 23.4. The molecule has 11 heteroatoms. The summed E-state index contributed by atoms with van der Waals surface area (Å²) in [5.41, 5.74) is 3.13. The third-order valence-corrected chi connectivity index (χ3v) is 6.80. The highest BCUT2D eigenvalue weighted by atomic mass is 32.2. The van der Waals surface area contributed by atoms with Gasteiger partial charge in [0.1, 0.15) is 5.82 Å². The number of fused-ring (bicyclic) bond motifs is 4. The summed E-state index contributed by atoms with van der Waals surface area (Å²) >= 11 is 0. The van der Waals surface area contributed by atoms with Gasteiger partial charge in [-0.2, -0.15) is 4.98 Å². The topological polar surface area (TPSA) is 130 Å². The number of anilines is 4. The van der Waals surface area contributed by atoms with E-state index in [0.717, 1.165) is 36.3 Å². The number of hydrogen-bond acceptors (Lipinski definition) is 9. The number of benzene rings is 1. The molecule has 10 nitrogen and oxygen atoms in total. The predicted molar refractivity (Wildman–Crippen MR) is 133 cm³/mol. The largest absolute Gasteiger partial charge is 0.448 e. The molecule has 1 aromatic carbocycles. The van der Waals surface area contributed by atoms with Crippen molar-refractivity contribution in [3.63, 3.8) is 0 Å². The van der Waals surface area contributed by atoms with Gasteiger partial charge in [-0.3, -0.25) is 4.98 Å². The Morgan fingerprint density at radius 2 is 2.00 bits per heavy atom. The quantitative estimate of drug-likeness (QED) is 0.494. The average molecular weight is 482 g/mol. The molecular formula is C23H27N7O3S. The lowest BCUT2D eigenvalue weighted by molar-refractivity contribution is 0.164. The fourth-order valence-electron chi connectivity index (χ4n) is 3.54. The van der Waals surface area contributed by atoms with Gasteiger partial charge >= 0.3 is 6.09 Å². The second-order valence-corrected chi connectivity index (χ2v) is 9.91. The minimum absolute atomic E-state index is 0.168. The Labute approximate surface area is 198 Å². The first-order valence-electron chi connectivity index (χ1n) is 11.0. The van der Waals surface area contributed by atoms with Gasteiger partial charge < -0.3 is 20.7 Å². The van der Waals surface area contributed by atoms with Crippen LogP contribution < -0.4 is 16.0 Å². The Hall–Kier alpha value is -3.73. The highest BCUT2D eigenvalue weighted by molar-refractivity contribution is 7.93. The molecule has 3 aromatic rings. The molecule has 0 fully saturated rings. The number of rotatable bonds is 3. The van der Waals surface area contributed by atoms with E-state index < -0.39 is 15.8 Å². The van der Waals surface area contributed by atoms with Crippen LogP contribution in [0.4, 0.5) is 27.9 Å². The summed E-state index contributed by atoms with van der Waals surface area (Å²) in [5, 5.41) is 9.95. The van der Waals surface area contributed by atoms with Gasteiger partial charge in [-0.05, 0) is 44.0 Å². The number of carbonyl (C=O) groups excluding carboxylic acids is 1. The van der Waals surface area contributed by atoms with Crippen molar-refractivity contribution in [1.82, 2.24) is 15.0 Å². The molecule has 4 rings (SSSR count). The Balaban J connectivity index is 1.71. The van der Waals surface area contributed by atoms with Gasteiger partial charge in [-0.15, -0.1) is 4.36 Å². The third kappa shape index (κ3) is 5.60. The highest BCUT2D eigenvalue weighted by Crippen LogP contribution is 2.30. The van der Waals surface area contributed by atoms with E-state index in [1.54, 1.807) is 37.6 Å². The molecule has 4 bridgehead atoms. The first-order chi connectivity index (χ1) is 16.5. The zero-order valence-corrected chi connectivity index (χ0v) is 19.9. The molecule has 1 unspecified atom stereocenters. The van der Waals surface area contributed by atoms with E-state index in [1.807, 2.05) is 18.2 Å². The molecule has 0 aliphatic carbocycles. The van der Waals surface area contributed by atoms with Crippen LogP contribution in [0, 0.1) is 0 Å². The molecule has 1 atom stereocenters. The van der Waals surface area contributed by atoms with Crippen LogP contribution in [0.25, 0.3) is 11.1 Å². The maximum absolute atomic E-state index is 13.3. The maximum Gasteiger partial charge on any atom is 0.442 e. The van der Waals surface area contributed by atoms with Crippen LogP contribution in [0.5, 0.6) is 0 Å². The summed E-state index contributed by atoms with van der Waals surface area (Å²) in [6, 6.07) is 9.12. The predicted octanol–water partition coefficient (Wildman–Crippen LogP) is 4.51. The van der Waals surface area contributed by atoms with Crippen LogP contribution in [0.15, 0.2) is 58.2 Å². The van der Waals surface area contributed by atoms with E-state index in [4.69, 9.17) is 4.74 Å². The van der Waals surface area contributed by atoms with Gasteiger partial charge in [0, 0.05) is 54.8 Å². The van der Waals surface area contributed by atoms with Gasteiger partial charge in [0.15, 0.2) is 0 Å². The summed E-state index contributed by atoms with van der Waals surface area (Å²) in [6.07, 6.45) is 7.62. The van der Waals surface area contributed by atoms with Crippen LogP contribution in [-0.2, 0) is 14.5 Å². The zero-order valence-electron chi connectivity index (χ0n) is 19.1. The second kappa shape index (κ2) is 10.5. The summed E-state index contributed by atoms with van der Waals surface area (Å²) in [6.45, 7) is 3.22. The van der Waals surface area contributed by atoms with Gasteiger partial charge in [0.2, 0.25) is 5.95 Å². The van der Waals surface area contributed by atoms with Crippen molar-refractivity contribution in [1.29, 1.82) is 0 Å². The second-order valence-electron chi connectivity index (χ2n) is 7.69. The van der Waals surface area contributed by atoms with Crippen molar-refractivity contribution < 1.29 is 13.7 Å². The Morgan fingerprint density at radius 3 is 2.76 bits per heavy atom. The molecule has 0 radical (unpaired) electrons. The average Bonchev–Trinajstić information content (AvgIpc) is 2.82. The van der Waals surface area contributed by atoms with Crippen molar-refractivity contribution in [2.24, 2.45) is 4.36 Å².